The van der Waals surface area contributed by atoms with Crippen molar-refractivity contribution in [3.63, 3.8) is 0 Å². The van der Waals surface area contributed by atoms with Gasteiger partial charge in [-0.05, 0) is 24.5 Å². The molecule has 0 aliphatic carbocycles. The van der Waals surface area contributed by atoms with Gasteiger partial charge in [0, 0.05) is 0 Å². The van der Waals surface area contributed by atoms with Crippen molar-refractivity contribution < 1.29 is 0 Å². The van der Waals surface area contributed by atoms with Crippen molar-refractivity contribution in [3.8, 4) is 0 Å². The van der Waals surface area contributed by atoms with Crippen LogP contribution in [-0.4, -0.2) is 0 Å². The van der Waals surface area contributed by atoms with Gasteiger partial charge in [0.1, 0.15) is 0 Å². The van der Waals surface area contributed by atoms with Gasteiger partial charge in [-0.3, -0.25) is 0 Å². The highest BCUT2D eigenvalue weighted by Crippen LogP contribution is 2.02. The molecule has 0 atom stereocenters. The number of hydrogen-bond acceptors (Lipinski definition) is 0. The maximum Gasteiger partial charge on any atom is -0.0184 e. The Hall–Kier alpha value is -0.780. The smallest absolute Gasteiger partial charge is 0.0184 e. The van der Waals surface area contributed by atoms with Gasteiger partial charge in [0.25, 0.3) is 0 Å². The van der Waals surface area contributed by atoms with Crippen LogP contribution in [0.25, 0.3) is 0 Å². The third-order valence-corrected chi connectivity index (χ3v) is 1.50. The monoisotopic (exact) mass is 132 g/mol. The van der Waals surface area contributed by atoms with E-state index in [1.54, 1.807) is 0 Å². The number of hydrogen-bond donors (Lipinski definition) is 0. The minimum atomic E-state index is 1.03. The summed E-state index contributed by atoms with van der Waals surface area (Å²) in [6, 6.07) is 11.1. The van der Waals surface area contributed by atoms with E-state index < -0.39 is 0 Å². The Morgan fingerprint density at radius 2 is 2.00 bits per heavy atom. The summed E-state index contributed by atoms with van der Waals surface area (Å²) in [5.74, 6) is 0. The van der Waals surface area contributed by atoms with E-state index in [0.29, 0.717) is 0 Å². The van der Waals surface area contributed by atoms with Crippen molar-refractivity contribution in [1.29, 1.82) is 0 Å². The predicted molar refractivity (Wildman–Crippen MR) is 43.6 cm³/mol. The zero-order chi connectivity index (χ0) is 7.23. The lowest BCUT2D eigenvalue weighted by molar-refractivity contribution is 0.841. The van der Waals surface area contributed by atoms with Crippen LogP contribution in [0.3, 0.4) is 0 Å². The van der Waals surface area contributed by atoms with Gasteiger partial charge in [0.05, 0.1) is 0 Å². The topological polar surface area (TPSA) is 0 Å². The van der Waals surface area contributed by atoms with Gasteiger partial charge < -0.3 is 0 Å². The van der Waals surface area contributed by atoms with E-state index in [4.69, 9.17) is 0 Å². The van der Waals surface area contributed by atoms with Gasteiger partial charge in [0.2, 0.25) is 0 Å². The van der Waals surface area contributed by atoms with E-state index in [-0.39, 0.29) is 0 Å². The SMILES string of the molecule is [CH2]CCCc1cc[c]cc1. The highest BCUT2D eigenvalue weighted by atomic mass is 13.9. The van der Waals surface area contributed by atoms with Gasteiger partial charge >= 0.3 is 0 Å². The van der Waals surface area contributed by atoms with Crippen LogP contribution in [0, 0.1) is 13.0 Å². The van der Waals surface area contributed by atoms with Gasteiger partial charge in [-0.1, -0.05) is 37.6 Å². The molecule has 52 valence electrons. The molecule has 1 rings (SSSR count). The second kappa shape index (κ2) is 4.10. The average Bonchev–Trinajstić information content (AvgIpc) is 2.03. The summed E-state index contributed by atoms with van der Waals surface area (Å²) in [5.41, 5.74) is 1.39. The fourth-order valence-electron chi connectivity index (χ4n) is 0.917. The van der Waals surface area contributed by atoms with E-state index >= 15 is 0 Å². The van der Waals surface area contributed by atoms with Crippen molar-refractivity contribution in [2.75, 3.05) is 0 Å². The first-order valence-corrected chi connectivity index (χ1v) is 3.67. The van der Waals surface area contributed by atoms with Crippen molar-refractivity contribution in [3.05, 3.63) is 42.8 Å². The molecular weight excluding hydrogens is 120 g/mol. The van der Waals surface area contributed by atoms with E-state index in [1.807, 2.05) is 12.1 Å². The molecule has 0 aliphatic rings. The van der Waals surface area contributed by atoms with Crippen molar-refractivity contribution >= 4 is 0 Å². The Balaban J connectivity index is 2.43. The molecule has 10 heavy (non-hydrogen) atoms. The molecule has 0 heteroatoms. The number of aryl methyl sites for hydroxylation is 1. The molecule has 0 bridgehead atoms. The maximum atomic E-state index is 3.79. The molecule has 0 fully saturated rings. The molecule has 1 aromatic rings. The van der Waals surface area contributed by atoms with E-state index in [9.17, 15) is 0 Å². The number of rotatable bonds is 3. The lowest BCUT2D eigenvalue weighted by Gasteiger charge is -1.96. The molecule has 0 heterocycles. The summed E-state index contributed by atoms with van der Waals surface area (Å²) < 4.78 is 0. The summed E-state index contributed by atoms with van der Waals surface area (Å²) in [5, 5.41) is 0. The van der Waals surface area contributed by atoms with Crippen LogP contribution >= 0.6 is 0 Å². The Morgan fingerprint density at radius 1 is 1.30 bits per heavy atom. The highest BCUT2D eigenvalue weighted by molar-refractivity contribution is 5.13. The molecule has 0 saturated carbocycles. The fourth-order valence-corrected chi connectivity index (χ4v) is 0.917. The molecule has 0 saturated heterocycles. The highest BCUT2D eigenvalue weighted by Gasteiger charge is 1.87. The number of benzene rings is 1. The van der Waals surface area contributed by atoms with Crippen molar-refractivity contribution in [1.82, 2.24) is 0 Å². The Kier molecular flexibility index (Phi) is 3.01. The normalized spacial score (nSPS) is 9.70. The lowest BCUT2D eigenvalue weighted by Crippen LogP contribution is -1.81. The largest absolute Gasteiger partial charge is 0.0584 e. The Bertz CT molecular complexity index is 165. The first kappa shape index (κ1) is 7.33. The molecular formula is C10H12. The zero-order valence-electron chi connectivity index (χ0n) is 6.14. The van der Waals surface area contributed by atoms with Crippen molar-refractivity contribution in [2.45, 2.75) is 19.3 Å². The molecule has 0 aliphatic heterocycles. The molecule has 0 nitrogen and oxygen atoms in total. The fraction of sp³-hybridized carbons (Fsp3) is 0.300. The molecule has 2 radical (unpaired) electrons. The van der Waals surface area contributed by atoms with E-state index in [0.717, 1.165) is 12.8 Å². The van der Waals surface area contributed by atoms with Crippen LogP contribution in [-0.2, 0) is 6.42 Å². The summed E-state index contributed by atoms with van der Waals surface area (Å²) in [4.78, 5) is 0. The molecule has 0 unspecified atom stereocenters. The molecule has 0 amide bonds. The predicted octanol–water partition coefficient (Wildman–Crippen LogP) is 2.64. The van der Waals surface area contributed by atoms with Gasteiger partial charge in [-0.2, -0.15) is 0 Å². The van der Waals surface area contributed by atoms with Crippen LogP contribution < -0.4 is 0 Å². The van der Waals surface area contributed by atoms with Gasteiger partial charge in [-0.25, -0.2) is 0 Å². The second-order valence-electron chi connectivity index (χ2n) is 2.37. The summed E-state index contributed by atoms with van der Waals surface area (Å²) in [7, 11) is 0. The maximum absolute atomic E-state index is 3.79. The Labute approximate surface area is 62.9 Å². The van der Waals surface area contributed by atoms with Crippen LogP contribution in [0.2, 0.25) is 0 Å². The standard InChI is InChI=1S/C10H12/c1-2-3-7-10-8-5-4-6-9-10/h5-6,8-9H,1-3,7H2. The molecule has 0 spiro atoms. The molecule has 1 aromatic carbocycles. The first-order chi connectivity index (χ1) is 4.93. The van der Waals surface area contributed by atoms with Crippen molar-refractivity contribution in [2.24, 2.45) is 0 Å². The van der Waals surface area contributed by atoms with Crippen LogP contribution in [0.4, 0.5) is 0 Å². The third-order valence-electron chi connectivity index (χ3n) is 1.50. The summed E-state index contributed by atoms with van der Waals surface area (Å²) >= 11 is 0. The Morgan fingerprint density at radius 3 is 2.60 bits per heavy atom. The van der Waals surface area contributed by atoms with Gasteiger partial charge in [0.15, 0.2) is 0 Å². The van der Waals surface area contributed by atoms with E-state index in [2.05, 4.69) is 25.1 Å². The lowest BCUT2D eigenvalue weighted by atomic mass is 10.1. The van der Waals surface area contributed by atoms with E-state index in [1.165, 1.54) is 12.0 Å². The first-order valence-electron chi connectivity index (χ1n) is 3.67. The van der Waals surface area contributed by atoms with Gasteiger partial charge in [-0.15, -0.1) is 0 Å². The zero-order valence-corrected chi connectivity index (χ0v) is 6.14. The molecule has 0 aromatic heterocycles. The summed E-state index contributed by atoms with van der Waals surface area (Å²) in [6.07, 6.45) is 3.36. The molecule has 0 N–H and O–H groups in total. The summed E-state index contributed by atoms with van der Waals surface area (Å²) in [6.45, 7) is 3.79. The number of unbranched alkanes of at least 4 members (excludes halogenated alkanes) is 1. The minimum Gasteiger partial charge on any atom is -0.0584 e. The quantitative estimate of drug-likeness (QED) is 0.593. The van der Waals surface area contributed by atoms with Crippen LogP contribution in [0.15, 0.2) is 24.3 Å². The minimum absolute atomic E-state index is 1.03. The second-order valence-corrected chi connectivity index (χ2v) is 2.37. The van der Waals surface area contributed by atoms with Crippen LogP contribution in [0.5, 0.6) is 0 Å². The van der Waals surface area contributed by atoms with Crippen LogP contribution in [0.1, 0.15) is 18.4 Å². The average molecular weight is 132 g/mol. The third kappa shape index (κ3) is 2.22.